The minimum absolute atomic E-state index is 0.0846. The second-order valence-corrected chi connectivity index (χ2v) is 7.00. The highest BCUT2D eigenvalue weighted by molar-refractivity contribution is 6.31. The Morgan fingerprint density at radius 3 is 2.48 bits per heavy atom. The average molecular weight is 387 g/mol. The minimum Gasteiger partial charge on any atom is -0.355 e. The van der Waals surface area contributed by atoms with Gasteiger partial charge in [0, 0.05) is 18.1 Å². The summed E-state index contributed by atoms with van der Waals surface area (Å²) in [5.74, 6) is -0.219. The highest BCUT2D eigenvalue weighted by Gasteiger charge is 2.28. The molecule has 27 heavy (non-hydrogen) atoms. The molecule has 1 atom stereocenters. The molecule has 0 unspecified atom stereocenters. The first-order chi connectivity index (χ1) is 13.0. The van der Waals surface area contributed by atoms with E-state index in [4.69, 9.17) is 11.6 Å². The van der Waals surface area contributed by atoms with E-state index in [0.29, 0.717) is 24.5 Å². The van der Waals surface area contributed by atoms with Crippen molar-refractivity contribution in [2.45, 2.75) is 46.2 Å². The highest BCUT2D eigenvalue weighted by Crippen LogP contribution is 2.20. The Kier molecular flexibility index (Phi) is 7.86. The molecule has 0 fully saturated rings. The van der Waals surface area contributed by atoms with E-state index >= 15 is 0 Å². The monoisotopic (exact) mass is 386 g/mol. The van der Waals surface area contributed by atoms with Crippen LogP contribution in [-0.2, 0) is 22.6 Å². The number of likely N-dealkylation sites (N-methyl/N-ethyl adjacent to an activating group) is 1. The summed E-state index contributed by atoms with van der Waals surface area (Å²) in [7, 11) is 0. The average Bonchev–Trinajstić information content (AvgIpc) is 2.63. The molecule has 2 rings (SSSR count). The second-order valence-electron chi connectivity index (χ2n) is 6.60. The van der Waals surface area contributed by atoms with Gasteiger partial charge in [-0.05, 0) is 37.5 Å². The van der Waals surface area contributed by atoms with Gasteiger partial charge in [0.25, 0.3) is 0 Å². The Hall–Kier alpha value is -2.33. The van der Waals surface area contributed by atoms with E-state index in [0.717, 1.165) is 16.7 Å². The topological polar surface area (TPSA) is 49.4 Å². The van der Waals surface area contributed by atoms with Gasteiger partial charge in [-0.15, -0.1) is 0 Å². The third-order valence-corrected chi connectivity index (χ3v) is 4.84. The molecule has 0 heterocycles. The van der Waals surface area contributed by atoms with E-state index in [2.05, 4.69) is 5.32 Å². The molecule has 144 valence electrons. The van der Waals surface area contributed by atoms with Gasteiger partial charge in [-0.25, -0.2) is 0 Å². The number of hydrogen-bond acceptors (Lipinski definition) is 2. The standard InChI is InChI=1S/C22H27ClN2O2/c1-4-20(22(27)24-5-2)25(15-18-11-6-7-12-19(18)23)21(26)14-17-10-8-9-16(3)13-17/h6-13,20H,4-5,14-15H2,1-3H3,(H,24,27)/t20-/m0/s1. The predicted octanol–water partition coefficient (Wildman–Crippen LogP) is 4.13. The molecule has 0 aromatic heterocycles. The molecule has 0 aliphatic carbocycles. The molecule has 0 spiro atoms. The summed E-state index contributed by atoms with van der Waals surface area (Å²) < 4.78 is 0. The van der Waals surface area contributed by atoms with Crippen molar-refractivity contribution in [3.8, 4) is 0 Å². The maximum atomic E-state index is 13.2. The molecule has 1 N–H and O–H groups in total. The lowest BCUT2D eigenvalue weighted by Gasteiger charge is -2.31. The molecular formula is C22H27ClN2O2. The zero-order valence-corrected chi connectivity index (χ0v) is 16.9. The molecule has 0 saturated heterocycles. The molecule has 0 aliphatic rings. The van der Waals surface area contributed by atoms with Crippen molar-refractivity contribution < 1.29 is 9.59 Å². The van der Waals surface area contributed by atoms with Gasteiger partial charge in [-0.1, -0.05) is 66.6 Å². The number of rotatable bonds is 8. The molecule has 0 aliphatic heterocycles. The van der Waals surface area contributed by atoms with Crippen molar-refractivity contribution in [1.29, 1.82) is 0 Å². The molecule has 4 nitrogen and oxygen atoms in total. The van der Waals surface area contributed by atoms with Gasteiger partial charge >= 0.3 is 0 Å². The minimum atomic E-state index is -0.529. The third-order valence-electron chi connectivity index (χ3n) is 4.47. The molecule has 2 aromatic carbocycles. The van der Waals surface area contributed by atoms with Crippen LogP contribution in [0.25, 0.3) is 0 Å². The van der Waals surface area contributed by atoms with Gasteiger partial charge in [0.15, 0.2) is 0 Å². The van der Waals surface area contributed by atoms with Crippen LogP contribution in [-0.4, -0.2) is 29.3 Å². The molecular weight excluding hydrogens is 360 g/mol. The highest BCUT2D eigenvalue weighted by atomic mass is 35.5. The van der Waals surface area contributed by atoms with Crippen LogP contribution in [0.15, 0.2) is 48.5 Å². The fraction of sp³-hybridized carbons (Fsp3) is 0.364. The van der Waals surface area contributed by atoms with Gasteiger partial charge in [0.05, 0.1) is 6.42 Å². The van der Waals surface area contributed by atoms with Crippen molar-refractivity contribution in [1.82, 2.24) is 10.2 Å². The van der Waals surface area contributed by atoms with E-state index in [9.17, 15) is 9.59 Å². The number of carbonyl (C=O) groups excluding carboxylic acids is 2. The van der Waals surface area contributed by atoms with Gasteiger partial charge in [0.1, 0.15) is 6.04 Å². The maximum Gasteiger partial charge on any atom is 0.242 e. The van der Waals surface area contributed by atoms with Crippen LogP contribution < -0.4 is 5.32 Å². The predicted molar refractivity (Wildman–Crippen MR) is 110 cm³/mol. The van der Waals surface area contributed by atoms with Gasteiger partial charge < -0.3 is 10.2 Å². The summed E-state index contributed by atoms with van der Waals surface area (Å²) in [6.07, 6.45) is 0.790. The molecule has 0 bridgehead atoms. The largest absolute Gasteiger partial charge is 0.355 e. The number of nitrogens with one attached hydrogen (secondary N) is 1. The number of amides is 2. The van der Waals surface area contributed by atoms with Crippen molar-refractivity contribution in [3.05, 3.63) is 70.2 Å². The van der Waals surface area contributed by atoms with Crippen molar-refractivity contribution in [3.63, 3.8) is 0 Å². The third kappa shape index (κ3) is 5.83. The number of halogens is 1. The normalized spacial score (nSPS) is 11.7. The van der Waals surface area contributed by atoms with Gasteiger partial charge in [0.2, 0.25) is 11.8 Å². The van der Waals surface area contributed by atoms with Crippen molar-refractivity contribution in [2.75, 3.05) is 6.54 Å². The Morgan fingerprint density at radius 1 is 1.11 bits per heavy atom. The zero-order valence-electron chi connectivity index (χ0n) is 16.2. The summed E-state index contributed by atoms with van der Waals surface area (Å²) in [4.78, 5) is 27.4. The second kappa shape index (κ2) is 10.1. The van der Waals surface area contributed by atoms with E-state index in [-0.39, 0.29) is 18.2 Å². The Labute approximate surface area is 166 Å². The lowest BCUT2D eigenvalue weighted by Crippen LogP contribution is -2.49. The van der Waals surface area contributed by atoms with E-state index < -0.39 is 6.04 Å². The lowest BCUT2D eigenvalue weighted by atomic mass is 10.1. The first-order valence-corrected chi connectivity index (χ1v) is 9.70. The first-order valence-electron chi connectivity index (χ1n) is 9.32. The lowest BCUT2D eigenvalue weighted by molar-refractivity contribution is -0.140. The number of hydrogen-bond donors (Lipinski definition) is 1. The maximum absolute atomic E-state index is 13.2. The quantitative estimate of drug-likeness (QED) is 0.741. The van der Waals surface area contributed by atoms with Crippen LogP contribution in [0.4, 0.5) is 0 Å². The Morgan fingerprint density at radius 2 is 1.85 bits per heavy atom. The number of carbonyl (C=O) groups is 2. The van der Waals surface area contributed by atoms with Crippen molar-refractivity contribution in [2.24, 2.45) is 0 Å². The van der Waals surface area contributed by atoms with Gasteiger partial charge in [-0.3, -0.25) is 9.59 Å². The Balaban J connectivity index is 2.31. The fourth-order valence-electron chi connectivity index (χ4n) is 3.12. The summed E-state index contributed by atoms with van der Waals surface area (Å²) in [5.41, 5.74) is 2.88. The molecule has 0 radical (unpaired) electrons. The van der Waals surface area contributed by atoms with E-state index in [1.165, 1.54) is 0 Å². The molecule has 0 saturated carbocycles. The van der Waals surface area contributed by atoms with Crippen molar-refractivity contribution >= 4 is 23.4 Å². The molecule has 5 heteroatoms. The van der Waals surface area contributed by atoms with E-state index in [1.54, 1.807) is 11.0 Å². The number of benzene rings is 2. The summed E-state index contributed by atoms with van der Waals surface area (Å²) in [6.45, 7) is 6.62. The Bertz CT molecular complexity index is 791. The van der Waals surface area contributed by atoms with Crippen LogP contribution in [0.3, 0.4) is 0 Å². The SMILES string of the molecule is CCNC(=O)[C@H](CC)N(Cc1ccccc1Cl)C(=O)Cc1cccc(C)c1. The number of aryl methyl sites for hydroxylation is 1. The number of nitrogens with zero attached hydrogens (tertiary/aromatic N) is 1. The van der Waals surface area contributed by atoms with Crippen LogP contribution >= 0.6 is 11.6 Å². The van der Waals surface area contributed by atoms with Gasteiger partial charge in [-0.2, -0.15) is 0 Å². The summed E-state index contributed by atoms with van der Waals surface area (Å²) in [5, 5.41) is 3.43. The van der Waals surface area contributed by atoms with Crippen LogP contribution in [0.2, 0.25) is 5.02 Å². The smallest absolute Gasteiger partial charge is 0.242 e. The van der Waals surface area contributed by atoms with Crippen LogP contribution in [0.1, 0.15) is 37.0 Å². The summed E-state index contributed by atoms with van der Waals surface area (Å²) >= 11 is 6.30. The molecule has 2 amide bonds. The fourth-order valence-corrected chi connectivity index (χ4v) is 3.32. The van der Waals surface area contributed by atoms with Crippen LogP contribution in [0.5, 0.6) is 0 Å². The summed E-state index contributed by atoms with van der Waals surface area (Å²) in [6, 6.07) is 14.8. The molecule has 2 aromatic rings. The first kappa shape index (κ1) is 21.0. The van der Waals surface area contributed by atoms with Crippen LogP contribution in [0, 0.1) is 6.92 Å². The zero-order chi connectivity index (χ0) is 19.8. The van der Waals surface area contributed by atoms with E-state index in [1.807, 2.05) is 63.2 Å².